The highest BCUT2D eigenvalue weighted by Gasteiger charge is 2.38. The van der Waals surface area contributed by atoms with Crippen molar-refractivity contribution in [3.8, 4) is 5.69 Å². The third kappa shape index (κ3) is 2.81. The number of nitrogens with zero attached hydrogens (tertiary/aromatic N) is 6. The minimum Gasteiger partial charge on any atom is -0.341 e. The third-order valence-corrected chi connectivity index (χ3v) is 5.82. The van der Waals surface area contributed by atoms with E-state index in [1.165, 1.54) is 25.7 Å². The Bertz CT molecular complexity index is 891. The monoisotopic (exact) mass is 363 g/mol. The van der Waals surface area contributed by atoms with Crippen molar-refractivity contribution < 1.29 is 0 Å². The Balaban J connectivity index is 1.58. The summed E-state index contributed by atoms with van der Waals surface area (Å²) in [5.74, 6) is 2.65. The van der Waals surface area contributed by atoms with E-state index in [1.54, 1.807) is 6.33 Å². The molecule has 5 rings (SSSR count). The summed E-state index contributed by atoms with van der Waals surface area (Å²) in [4.78, 5) is 12.0. The lowest BCUT2D eigenvalue weighted by molar-refractivity contribution is 0.469. The van der Waals surface area contributed by atoms with Crippen LogP contribution in [0.4, 0.5) is 11.8 Å². The van der Waals surface area contributed by atoms with Gasteiger partial charge in [0.15, 0.2) is 11.6 Å². The average Bonchev–Trinajstić information content (AvgIpc) is 3.39. The molecular weight excluding hydrogens is 338 g/mol. The zero-order chi connectivity index (χ0) is 18.2. The van der Waals surface area contributed by atoms with Gasteiger partial charge in [-0.05, 0) is 38.2 Å². The fourth-order valence-electron chi connectivity index (χ4n) is 4.54. The summed E-state index contributed by atoms with van der Waals surface area (Å²) >= 11 is 0. The summed E-state index contributed by atoms with van der Waals surface area (Å²) in [5, 5.41) is 12.0. The number of allylic oxidation sites excluding steroid dienone is 3. The standard InChI is InChI=1S/C20H25N7/c1-2-16-19-25-22-13-26(19)17-12-21-20(23-14-8-4-3-5-9-14)24-18(17)27(16)15-10-6-7-11-15/h4,8-9,12-13,15-16H,2-3,5-7,10-11H2,1H3,(H,21,23,24)/t16-/m1/s1. The SMILES string of the molecule is CC[C@@H]1c2nncn2-c2cnc(NC3=CCCC=C3)nc2N1C1CCCC1. The molecule has 7 nitrogen and oxygen atoms in total. The Morgan fingerprint density at radius 1 is 1.22 bits per heavy atom. The van der Waals surface area contributed by atoms with Gasteiger partial charge in [0.05, 0.1) is 12.2 Å². The molecule has 3 aliphatic rings. The summed E-state index contributed by atoms with van der Waals surface area (Å²) in [6.45, 7) is 2.22. The van der Waals surface area contributed by atoms with Crippen LogP contribution in [0.1, 0.15) is 63.7 Å². The van der Waals surface area contributed by atoms with Crippen LogP contribution in [0.25, 0.3) is 5.69 Å². The van der Waals surface area contributed by atoms with Crippen molar-refractivity contribution in [3.63, 3.8) is 0 Å². The average molecular weight is 363 g/mol. The van der Waals surface area contributed by atoms with Gasteiger partial charge in [-0.1, -0.05) is 31.9 Å². The van der Waals surface area contributed by atoms with Gasteiger partial charge in [-0.3, -0.25) is 4.57 Å². The summed E-state index contributed by atoms with van der Waals surface area (Å²) in [7, 11) is 0. The van der Waals surface area contributed by atoms with Gasteiger partial charge in [-0.15, -0.1) is 10.2 Å². The zero-order valence-electron chi connectivity index (χ0n) is 15.7. The first-order chi connectivity index (χ1) is 13.3. The first-order valence-corrected chi connectivity index (χ1v) is 10.0. The van der Waals surface area contributed by atoms with Crippen molar-refractivity contribution in [1.29, 1.82) is 0 Å². The fraction of sp³-hybridized carbons (Fsp3) is 0.500. The second-order valence-corrected chi connectivity index (χ2v) is 7.50. The van der Waals surface area contributed by atoms with Crippen LogP contribution in [-0.4, -0.2) is 30.8 Å². The topological polar surface area (TPSA) is 71.8 Å². The number of anilines is 2. The number of fused-ring (bicyclic) bond motifs is 3. The highest BCUT2D eigenvalue weighted by atomic mass is 15.4. The van der Waals surface area contributed by atoms with Gasteiger partial charge in [0, 0.05) is 11.7 Å². The van der Waals surface area contributed by atoms with Crippen molar-refractivity contribution >= 4 is 11.8 Å². The molecule has 0 saturated heterocycles. The third-order valence-electron chi connectivity index (χ3n) is 5.82. The van der Waals surface area contributed by atoms with E-state index in [0.29, 0.717) is 12.0 Å². The molecule has 1 aliphatic heterocycles. The van der Waals surface area contributed by atoms with E-state index in [-0.39, 0.29) is 6.04 Å². The molecule has 3 heterocycles. The van der Waals surface area contributed by atoms with Gasteiger partial charge < -0.3 is 10.2 Å². The Labute approximate surface area is 159 Å². The Kier molecular flexibility index (Phi) is 4.14. The van der Waals surface area contributed by atoms with E-state index in [4.69, 9.17) is 4.98 Å². The minimum absolute atomic E-state index is 0.208. The molecule has 2 aromatic heterocycles. The smallest absolute Gasteiger partial charge is 0.229 e. The molecule has 0 radical (unpaired) electrons. The predicted octanol–water partition coefficient (Wildman–Crippen LogP) is 3.92. The number of hydrogen-bond acceptors (Lipinski definition) is 6. The second kappa shape index (κ2) is 6.79. The largest absolute Gasteiger partial charge is 0.341 e. The van der Waals surface area contributed by atoms with Crippen LogP contribution in [0.2, 0.25) is 0 Å². The van der Waals surface area contributed by atoms with Crippen molar-refractivity contribution in [2.45, 2.75) is 64.0 Å². The molecule has 140 valence electrons. The lowest BCUT2D eigenvalue weighted by Crippen LogP contribution is -2.42. The molecule has 0 aromatic carbocycles. The van der Waals surface area contributed by atoms with Crippen LogP contribution in [0.5, 0.6) is 0 Å². The summed E-state index contributed by atoms with van der Waals surface area (Å²) in [5.41, 5.74) is 2.05. The highest BCUT2D eigenvalue weighted by Crippen LogP contribution is 2.42. The van der Waals surface area contributed by atoms with E-state index in [0.717, 1.165) is 42.3 Å². The van der Waals surface area contributed by atoms with Crippen LogP contribution in [0.3, 0.4) is 0 Å². The quantitative estimate of drug-likeness (QED) is 0.888. The molecule has 1 saturated carbocycles. The molecule has 1 atom stereocenters. The van der Waals surface area contributed by atoms with Gasteiger partial charge >= 0.3 is 0 Å². The van der Waals surface area contributed by atoms with E-state index in [1.807, 2.05) is 6.20 Å². The number of rotatable bonds is 4. The van der Waals surface area contributed by atoms with Crippen molar-refractivity contribution in [2.75, 3.05) is 10.2 Å². The van der Waals surface area contributed by atoms with Gasteiger partial charge in [-0.25, -0.2) is 4.98 Å². The van der Waals surface area contributed by atoms with Crippen LogP contribution in [-0.2, 0) is 0 Å². The highest BCUT2D eigenvalue weighted by molar-refractivity contribution is 5.64. The summed E-state index contributed by atoms with van der Waals surface area (Å²) in [6.07, 6.45) is 18.3. The zero-order valence-corrected chi connectivity index (χ0v) is 15.7. The van der Waals surface area contributed by atoms with Gasteiger partial charge in [-0.2, -0.15) is 4.98 Å². The number of aromatic nitrogens is 5. The van der Waals surface area contributed by atoms with E-state index < -0.39 is 0 Å². The van der Waals surface area contributed by atoms with Gasteiger partial charge in [0.25, 0.3) is 0 Å². The molecule has 2 aliphatic carbocycles. The van der Waals surface area contributed by atoms with E-state index >= 15 is 0 Å². The summed E-state index contributed by atoms with van der Waals surface area (Å²) < 4.78 is 2.05. The van der Waals surface area contributed by atoms with Crippen molar-refractivity contribution in [2.24, 2.45) is 0 Å². The maximum Gasteiger partial charge on any atom is 0.229 e. The van der Waals surface area contributed by atoms with E-state index in [9.17, 15) is 0 Å². The first-order valence-electron chi connectivity index (χ1n) is 10.0. The fourth-order valence-corrected chi connectivity index (χ4v) is 4.54. The summed E-state index contributed by atoms with van der Waals surface area (Å²) in [6, 6.07) is 0.718. The lowest BCUT2D eigenvalue weighted by Gasteiger charge is -2.40. The maximum atomic E-state index is 4.96. The Morgan fingerprint density at radius 2 is 2.11 bits per heavy atom. The maximum absolute atomic E-state index is 4.96. The second-order valence-electron chi connectivity index (χ2n) is 7.50. The molecule has 27 heavy (non-hydrogen) atoms. The van der Waals surface area contributed by atoms with Gasteiger partial charge in [0.1, 0.15) is 12.0 Å². The Hall–Kier alpha value is -2.70. The van der Waals surface area contributed by atoms with Crippen molar-refractivity contribution in [1.82, 2.24) is 24.7 Å². The molecule has 1 fully saturated rings. The number of hydrogen-bond donors (Lipinski definition) is 1. The van der Waals surface area contributed by atoms with Crippen molar-refractivity contribution in [3.05, 3.63) is 42.3 Å². The molecule has 0 spiro atoms. The van der Waals surface area contributed by atoms with Crippen LogP contribution in [0.15, 0.2) is 36.4 Å². The Morgan fingerprint density at radius 3 is 2.89 bits per heavy atom. The lowest BCUT2D eigenvalue weighted by atomic mass is 10.0. The first kappa shape index (κ1) is 16.5. The molecule has 2 aromatic rings. The van der Waals surface area contributed by atoms with Gasteiger partial charge in [0.2, 0.25) is 5.95 Å². The normalized spacial score (nSPS) is 21.7. The van der Waals surface area contributed by atoms with Crippen LogP contribution < -0.4 is 10.2 Å². The van der Waals surface area contributed by atoms with E-state index in [2.05, 4.69) is 55.1 Å². The number of nitrogens with one attached hydrogen (secondary N) is 1. The molecule has 0 amide bonds. The molecule has 0 unspecified atom stereocenters. The molecular formula is C20H25N7. The molecule has 7 heteroatoms. The van der Waals surface area contributed by atoms with Crippen LogP contribution in [0, 0.1) is 0 Å². The van der Waals surface area contributed by atoms with Crippen LogP contribution >= 0.6 is 0 Å². The molecule has 0 bridgehead atoms. The minimum atomic E-state index is 0.208. The predicted molar refractivity (Wildman–Crippen MR) is 105 cm³/mol. The molecule has 1 N–H and O–H groups in total.